The van der Waals surface area contributed by atoms with E-state index in [0.29, 0.717) is 5.82 Å². The van der Waals surface area contributed by atoms with Crippen molar-refractivity contribution in [3.63, 3.8) is 0 Å². The number of aromatic amines is 1. The minimum Gasteiger partial charge on any atom is -0.308 e. The third-order valence-corrected chi connectivity index (χ3v) is 2.65. The topological polar surface area (TPSA) is 69.8 Å². The summed E-state index contributed by atoms with van der Waals surface area (Å²) in [5.74, 6) is 0.641. The molecule has 0 spiro atoms. The Labute approximate surface area is 106 Å². The van der Waals surface area contributed by atoms with Crippen molar-refractivity contribution in [2.45, 2.75) is 20.3 Å². The van der Waals surface area contributed by atoms with E-state index in [1.54, 1.807) is 6.20 Å². The van der Waals surface area contributed by atoms with Crippen molar-refractivity contribution in [1.82, 2.24) is 10.2 Å². The summed E-state index contributed by atoms with van der Waals surface area (Å²) in [4.78, 5) is 11.8. The minimum absolute atomic E-state index is 0.280. The minimum atomic E-state index is -0.280. The zero-order valence-corrected chi connectivity index (χ0v) is 10.4. The molecule has 2 rings (SSSR count). The number of hydrogen-bond acceptors (Lipinski definition) is 2. The molecular weight excluding hydrogens is 228 g/mol. The molecule has 0 atom stereocenters. The number of rotatable bonds is 3. The van der Waals surface area contributed by atoms with Crippen LogP contribution in [0.2, 0.25) is 0 Å². The van der Waals surface area contributed by atoms with Gasteiger partial charge < -0.3 is 5.32 Å². The van der Waals surface area contributed by atoms with Crippen LogP contribution in [0.25, 0.3) is 0 Å². The summed E-state index contributed by atoms with van der Waals surface area (Å²) in [6.07, 6.45) is 2.53. The van der Waals surface area contributed by atoms with Crippen LogP contribution in [0.15, 0.2) is 30.5 Å². The van der Waals surface area contributed by atoms with Gasteiger partial charge in [-0.05, 0) is 25.5 Å². The van der Waals surface area contributed by atoms with Gasteiger partial charge in [-0.25, -0.2) is 4.79 Å². The lowest BCUT2D eigenvalue weighted by atomic mass is 10.2. The van der Waals surface area contributed by atoms with Gasteiger partial charge in [0.25, 0.3) is 0 Å². The molecule has 5 heteroatoms. The smallest absolute Gasteiger partial charge is 0.308 e. The van der Waals surface area contributed by atoms with Crippen LogP contribution in [0.1, 0.15) is 18.1 Å². The summed E-state index contributed by atoms with van der Waals surface area (Å²) in [7, 11) is 0. The fourth-order valence-electron chi connectivity index (χ4n) is 1.60. The Hall–Kier alpha value is -2.30. The molecule has 3 N–H and O–H groups in total. The lowest BCUT2D eigenvalue weighted by Crippen LogP contribution is -2.20. The number of H-pyrrole nitrogens is 1. The largest absolute Gasteiger partial charge is 0.324 e. The summed E-state index contributed by atoms with van der Waals surface area (Å²) in [5, 5.41) is 12.2. The SMILES string of the molecule is CCc1cn[nH]c1NC(=O)Nc1ccc(C)cc1. The fraction of sp³-hybridized carbons (Fsp3) is 0.231. The maximum Gasteiger partial charge on any atom is 0.324 e. The van der Waals surface area contributed by atoms with Crippen LogP contribution < -0.4 is 10.6 Å². The number of hydrogen-bond donors (Lipinski definition) is 3. The third-order valence-electron chi connectivity index (χ3n) is 2.65. The highest BCUT2D eigenvalue weighted by Crippen LogP contribution is 2.13. The Kier molecular flexibility index (Phi) is 3.62. The van der Waals surface area contributed by atoms with Gasteiger partial charge >= 0.3 is 6.03 Å². The molecule has 0 saturated heterocycles. The number of benzene rings is 1. The normalized spacial score (nSPS) is 10.1. The lowest BCUT2D eigenvalue weighted by molar-refractivity contribution is 0.262. The fourth-order valence-corrected chi connectivity index (χ4v) is 1.60. The first-order valence-corrected chi connectivity index (χ1v) is 5.86. The highest BCUT2D eigenvalue weighted by molar-refractivity contribution is 5.99. The molecule has 1 heterocycles. The Morgan fingerprint density at radius 2 is 2.00 bits per heavy atom. The van der Waals surface area contributed by atoms with Crippen molar-refractivity contribution < 1.29 is 4.79 Å². The summed E-state index contributed by atoms with van der Waals surface area (Å²) in [5.41, 5.74) is 2.90. The van der Waals surface area contributed by atoms with Crippen LogP contribution in [0, 0.1) is 6.92 Å². The molecule has 0 radical (unpaired) electrons. The van der Waals surface area contributed by atoms with E-state index in [1.165, 1.54) is 0 Å². The number of carbonyl (C=O) groups is 1. The van der Waals surface area contributed by atoms with E-state index in [4.69, 9.17) is 0 Å². The molecule has 94 valence electrons. The lowest BCUT2D eigenvalue weighted by Gasteiger charge is -2.07. The van der Waals surface area contributed by atoms with Gasteiger partial charge in [0, 0.05) is 11.3 Å². The second-order valence-electron chi connectivity index (χ2n) is 4.07. The van der Waals surface area contributed by atoms with Crippen molar-refractivity contribution in [2.24, 2.45) is 0 Å². The van der Waals surface area contributed by atoms with E-state index in [1.807, 2.05) is 38.1 Å². The number of aryl methyl sites for hydroxylation is 2. The first-order valence-electron chi connectivity index (χ1n) is 5.86. The third kappa shape index (κ3) is 2.88. The van der Waals surface area contributed by atoms with Crippen LogP contribution in [-0.2, 0) is 6.42 Å². The second kappa shape index (κ2) is 5.35. The molecule has 0 unspecified atom stereocenters. The van der Waals surface area contributed by atoms with Crippen molar-refractivity contribution in [3.05, 3.63) is 41.6 Å². The molecular formula is C13H16N4O. The van der Waals surface area contributed by atoms with Crippen LogP contribution in [0.3, 0.4) is 0 Å². The molecule has 0 aliphatic heterocycles. The quantitative estimate of drug-likeness (QED) is 0.777. The Balaban J connectivity index is 1.99. The summed E-state index contributed by atoms with van der Waals surface area (Å²) < 4.78 is 0. The maximum absolute atomic E-state index is 11.8. The molecule has 2 amide bonds. The van der Waals surface area contributed by atoms with Gasteiger partial charge in [0.1, 0.15) is 5.82 Å². The van der Waals surface area contributed by atoms with Crippen LogP contribution >= 0.6 is 0 Å². The number of nitrogens with zero attached hydrogens (tertiary/aromatic N) is 1. The Bertz CT molecular complexity index is 530. The zero-order chi connectivity index (χ0) is 13.0. The summed E-state index contributed by atoms with van der Waals surface area (Å²) in [6, 6.07) is 7.34. The van der Waals surface area contributed by atoms with E-state index in [0.717, 1.165) is 23.2 Å². The number of amides is 2. The van der Waals surface area contributed by atoms with Crippen LogP contribution in [0.4, 0.5) is 16.3 Å². The van der Waals surface area contributed by atoms with Gasteiger partial charge in [-0.15, -0.1) is 0 Å². The molecule has 5 nitrogen and oxygen atoms in total. The Morgan fingerprint density at radius 3 is 2.67 bits per heavy atom. The average molecular weight is 244 g/mol. The van der Waals surface area contributed by atoms with Gasteiger partial charge in [0.15, 0.2) is 0 Å². The van der Waals surface area contributed by atoms with Gasteiger partial charge in [-0.2, -0.15) is 5.10 Å². The van der Waals surface area contributed by atoms with Crippen LogP contribution in [-0.4, -0.2) is 16.2 Å². The molecule has 0 aliphatic carbocycles. The number of urea groups is 1. The van der Waals surface area contributed by atoms with E-state index in [9.17, 15) is 4.79 Å². The first kappa shape index (κ1) is 12.2. The molecule has 0 bridgehead atoms. The van der Waals surface area contributed by atoms with Crippen molar-refractivity contribution in [2.75, 3.05) is 10.6 Å². The van der Waals surface area contributed by atoms with Crippen molar-refractivity contribution in [3.8, 4) is 0 Å². The van der Waals surface area contributed by atoms with E-state index in [2.05, 4.69) is 20.8 Å². The highest BCUT2D eigenvalue weighted by atomic mass is 16.2. The van der Waals surface area contributed by atoms with E-state index >= 15 is 0 Å². The monoisotopic (exact) mass is 244 g/mol. The summed E-state index contributed by atoms with van der Waals surface area (Å²) >= 11 is 0. The van der Waals surface area contributed by atoms with Crippen LogP contribution in [0.5, 0.6) is 0 Å². The number of anilines is 2. The van der Waals surface area contributed by atoms with E-state index < -0.39 is 0 Å². The molecule has 0 saturated carbocycles. The predicted molar refractivity (Wildman–Crippen MR) is 71.8 cm³/mol. The highest BCUT2D eigenvalue weighted by Gasteiger charge is 2.07. The molecule has 1 aromatic heterocycles. The number of carbonyl (C=O) groups excluding carboxylic acids is 1. The Morgan fingerprint density at radius 1 is 1.28 bits per heavy atom. The van der Waals surface area contributed by atoms with Gasteiger partial charge in [0.05, 0.1) is 6.20 Å². The molecule has 2 aromatic rings. The summed E-state index contributed by atoms with van der Waals surface area (Å²) in [6.45, 7) is 4.01. The molecule has 0 aliphatic rings. The van der Waals surface area contributed by atoms with E-state index in [-0.39, 0.29) is 6.03 Å². The zero-order valence-electron chi connectivity index (χ0n) is 10.4. The first-order chi connectivity index (χ1) is 8.69. The van der Waals surface area contributed by atoms with Crippen molar-refractivity contribution in [1.29, 1.82) is 0 Å². The second-order valence-corrected chi connectivity index (χ2v) is 4.07. The van der Waals surface area contributed by atoms with Gasteiger partial charge in [-0.3, -0.25) is 10.4 Å². The molecule has 18 heavy (non-hydrogen) atoms. The van der Waals surface area contributed by atoms with Gasteiger partial charge in [-0.1, -0.05) is 24.6 Å². The molecule has 0 fully saturated rings. The average Bonchev–Trinajstić information content (AvgIpc) is 2.79. The molecule has 1 aromatic carbocycles. The number of aromatic nitrogens is 2. The predicted octanol–water partition coefficient (Wildman–Crippen LogP) is 2.92. The maximum atomic E-state index is 11.8. The van der Waals surface area contributed by atoms with Gasteiger partial charge in [0.2, 0.25) is 0 Å². The standard InChI is InChI=1S/C13H16N4O/c1-3-10-8-14-17-12(10)16-13(18)15-11-6-4-9(2)5-7-11/h4-8H,3H2,1-2H3,(H3,14,15,16,17,18). The number of nitrogens with one attached hydrogen (secondary N) is 3. The van der Waals surface area contributed by atoms with Crippen molar-refractivity contribution >= 4 is 17.5 Å².